The van der Waals surface area contributed by atoms with Crippen LogP contribution in [0.4, 0.5) is 0 Å². The summed E-state index contributed by atoms with van der Waals surface area (Å²) in [6.45, 7) is 6.70. The van der Waals surface area contributed by atoms with E-state index in [0.29, 0.717) is 0 Å². The molecule has 0 amide bonds. The predicted octanol–water partition coefficient (Wildman–Crippen LogP) is 1.97. The quantitative estimate of drug-likeness (QED) is 0.935. The summed E-state index contributed by atoms with van der Waals surface area (Å²) in [5.41, 5.74) is 2.14. The van der Waals surface area contributed by atoms with Crippen molar-refractivity contribution in [2.45, 2.75) is 39.3 Å². The van der Waals surface area contributed by atoms with E-state index in [1.807, 2.05) is 31.7 Å². The van der Waals surface area contributed by atoms with Crippen LogP contribution in [0.2, 0.25) is 0 Å². The third kappa shape index (κ3) is 2.94. The van der Waals surface area contributed by atoms with Gasteiger partial charge >= 0.3 is 0 Å². The molecule has 1 N–H and O–H groups in total. The molecule has 120 valence electrons. The fourth-order valence-corrected chi connectivity index (χ4v) is 3.32. The number of aliphatic hydroxyl groups excluding tert-OH is 1. The van der Waals surface area contributed by atoms with Crippen LogP contribution in [0.3, 0.4) is 0 Å². The largest absolute Gasteiger partial charge is 0.385 e. The Bertz CT molecular complexity index is 614. The van der Waals surface area contributed by atoms with Crippen molar-refractivity contribution in [1.29, 1.82) is 0 Å². The minimum absolute atomic E-state index is 0.218. The number of aromatic nitrogens is 3. The molecule has 6 heteroatoms. The van der Waals surface area contributed by atoms with Gasteiger partial charge in [-0.25, -0.2) is 4.98 Å². The molecular formula is C16H24N4O2. The van der Waals surface area contributed by atoms with Crippen molar-refractivity contribution in [3.05, 3.63) is 35.2 Å². The maximum Gasteiger partial charge on any atom is 0.138 e. The Hall–Kier alpha value is -1.66. The first-order valence-electron chi connectivity index (χ1n) is 7.85. The highest BCUT2D eigenvalue weighted by molar-refractivity contribution is 5.20. The molecule has 1 aliphatic heterocycles. The average Bonchev–Trinajstić information content (AvgIpc) is 3.07. The van der Waals surface area contributed by atoms with Crippen molar-refractivity contribution in [1.82, 2.24) is 19.6 Å². The van der Waals surface area contributed by atoms with Crippen molar-refractivity contribution >= 4 is 0 Å². The second-order valence-electron chi connectivity index (χ2n) is 6.28. The van der Waals surface area contributed by atoms with Crippen LogP contribution in [-0.4, -0.2) is 37.8 Å². The lowest BCUT2D eigenvalue weighted by molar-refractivity contribution is 0.0403. The number of rotatable bonds is 4. The Morgan fingerprint density at radius 1 is 1.45 bits per heavy atom. The van der Waals surface area contributed by atoms with Gasteiger partial charge in [-0.05, 0) is 33.2 Å². The minimum Gasteiger partial charge on any atom is -0.385 e. The van der Waals surface area contributed by atoms with Gasteiger partial charge in [0.2, 0.25) is 0 Å². The van der Waals surface area contributed by atoms with E-state index in [9.17, 15) is 5.11 Å². The van der Waals surface area contributed by atoms with Gasteiger partial charge in [0.1, 0.15) is 17.7 Å². The number of imidazole rings is 1. The lowest BCUT2D eigenvalue weighted by Gasteiger charge is -2.34. The fourth-order valence-electron chi connectivity index (χ4n) is 3.32. The zero-order valence-corrected chi connectivity index (χ0v) is 13.5. The smallest absolute Gasteiger partial charge is 0.138 e. The number of aliphatic hydroxyl groups is 1. The van der Waals surface area contributed by atoms with Gasteiger partial charge in [-0.15, -0.1) is 0 Å². The fraction of sp³-hybridized carbons (Fsp3) is 0.625. The summed E-state index contributed by atoms with van der Waals surface area (Å²) in [5.74, 6) is 1.86. The zero-order valence-electron chi connectivity index (χ0n) is 13.5. The molecule has 0 aliphatic carbocycles. The van der Waals surface area contributed by atoms with E-state index in [0.717, 1.165) is 49.8 Å². The third-order valence-corrected chi connectivity index (χ3v) is 4.67. The molecule has 6 nitrogen and oxygen atoms in total. The molecule has 0 bridgehead atoms. The summed E-state index contributed by atoms with van der Waals surface area (Å²) in [6, 6.07) is 0. The summed E-state index contributed by atoms with van der Waals surface area (Å²) in [6.07, 6.45) is 5.24. The van der Waals surface area contributed by atoms with Gasteiger partial charge in [0.15, 0.2) is 0 Å². The van der Waals surface area contributed by atoms with Crippen LogP contribution in [-0.2, 0) is 13.6 Å². The molecule has 1 saturated heterocycles. The summed E-state index contributed by atoms with van der Waals surface area (Å²) in [7, 11) is 1.93. The van der Waals surface area contributed by atoms with E-state index in [1.54, 1.807) is 6.20 Å². The molecule has 1 fully saturated rings. The van der Waals surface area contributed by atoms with Crippen LogP contribution in [0.25, 0.3) is 0 Å². The van der Waals surface area contributed by atoms with E-state index in [4.69, 9.17) is 4.52 Å². The molecule has 22 heavy (non-hydrogen) atoms. The molecule has 3 heterocycles. The van der Waals surface area contributed by atoms with Crippen LogP contribution in [0.1, 0.15) is 41.8 Å². The summed E-state index contributed by atoms with van der Waals surface area (Å²) < 4.78 is 7.15. The third-order valence-electron chi connectivity index (χ3n) is 4.67. The minimum atomic E-state index is -0.507. The second-order valence-corrected chi connectivity index (χ2v) is 6.28. The molecule has 0 radical (unpaired) electrons. The zero-order chi connectivity index (χ0) is 15.7. The second kappa shape index (κ2) is 6.22. The van der Waals surface area contributed by atoms with Crippen LogP contribution >= 0.6 is 0 Å². The Kier molecular flexibility index (Phi) is 4.31. The standard InChI is InChI=1S/C16H24N4O2/c1-11-14(12(2)22-18-11)10-20-7-4-5-13(9-20)15(21)16-17-6-8-19(16)3/h6,8,13,15,21H,4-5,7,9-10H2,1-3H3. The molecule has 0 spiro atoms. The number of piperidine rings is 1. The number of hydrogen-bond acceptors (Lipinski definition) is 5. The first-order chi connectivity index (χ1) is 10.6. The van der Waals surface area contributed by atoms with Gasteiger partial charge in [-0.3, -0.25) is 4.90 Å². The summed E-state index contributed by atoms with van der Waals surface area (Å²) in [5, 5.41) is 14.7. The van der Waals surface area contributed by atoms with Gasteiger partial charge in [0.05, 0.1) is 5.69 Å². The summed E-state index contributed by atoms with van der Waals surface area (Å²) in [4.78, 5) is 6.67. The van der Waals surface area contributed by atoms with Crippen LogP contribution < -0.4 is 0 Å². The Morgan fingerprint density at radius 2 is 2.27 bits per heavy atom. The van der Waals surface area contributed by atoms with E-state index >= 15 is 0 Å². The molecule has 3 rings (SSSR count). The van der Waals surface area contributed by atoms with Crippen molar-refractivity contribution in [2.24, 2.45) is 13.0 Å². The van der Waals surface area contributed by atoms with Gasteiger partial charge in [0, 0.05) is 44.0 Å². The van der Waals surface area contributed by atoms with Crippen molar-refractivity contribution < 1.29 is 9.63 Å². The van der Waals surface area contributed by atoms with Gasteiger partial charge in [0.25, 0.3) is 0 Å². The van der Waals surface area contributed by atoms with Crippen LogP contribution in [0.15, 0.2) is 16.9 Å². The van der Waals surface area contributed by atoms with Gasteiger partial charge in [-0.1, -0.05) is 5.16 Å². The van der Waals surface area contributed by atoms with Crippen molar-refractivity contribution in [2.75, 3.05) is 13.1 Å². The summed E-state index contributed by atoms with van der Waals surface area (Å²) >= 11 is 0. The lowest BCUT2D eigenvalue weighted by atomic mass is 9.91. The normalized spacial score (nSPS) is 21.2. The SMILES string of the molecule is Cc1noc(C)c1CN1CCCC(C(O)c2nccn2C)C1. The molecule has 0 saturated carbocycles. The molecule has 2 unspecified atom stereocenters. The molecule has 2 atom stereocenters. The van der Waals surface area contributed by atoms with Crippen LogP contribution in [0.5, 0.6) is 0 Å². The first kappa shape index (κ1) is 15.2. The average molecular weight is 304 g/mol. The number of nitrogens with zero attached hydrogens (tertiary/aromatic N) is 4. The van der Waals surface area contributed by atoms with Crippen molar-refractivity contribution in [3.8, 4) is 0 Å². The highest BCUT2D eigenvalue weighted by Crippen LogP contribution is 2.30. The number of likely N-dealkylation sites (tertiary alicyclic amines) is 1. The molecule has 2 aromatic heterocycles. The van der Waals surface area contributed by atoms with Gasteiger partial charge in [-0.2, -0.15) is 0 Å². The van der Waals surface area contributed by atoms with Crippen molar-refractivity contribution in [3.63, 3.8) is 0 Å². The Balaban J connectivity index is 1.68. The molecule has 0 aromatic carbocycles. The predicted molar refractivity (Wildman–Crippen MR) is 82.1 cm³/mol. The highest BCUT2D eigenvalue weighted by Gasteiger charge is 2.29. The van der Waals surface area contributed by atoms with Crippen LogP contribution in [0, 0.1) is 19.8 Å². The lowest BCUT2D eigenvalue weighted by Crippen LogP contribution is -2.38. The van der Waals surface area contributed by atoms with E-state index in [-0.39, 0.29) is 5.92 Å². The van der Waals surface area contributed by atoms with Gasteiger partial charge < -0.3 is 14.2 Å². The Labute approximate surface area is 130 Å². The molecular weight excluding hydrogens is 280 g/mol. The topological polar surface area (TPSA) is 67.3 Å². The maximum atomic E-state index is 10.6. The maximum absolute atomic E-state index is 10.6. The monoisotopic (exact) mass is 304 g/mol. The molecule has 1 aliphatic rings. The number of aryl methyl sites for hydroxylation is 3. The molecule has 2 aromatic rings. The van der Waals surface area contributed by atoms with E-state index < -0.39 is 6.10 Å². The Morgan fingerprint density at radius 3 is 2.91 bits per heavy atom. The first-order valence-corrected chi connectivity index (χ1v) is 7.85. The van der Waals surface area contributed by atoms with E-state index in [1.165, 1.54) is 5.56 Å². The highest BCUT2D eigenvalue weighted by atomic mass is 16.5. The van der Waals surface area contributed by atoms with E-state index in [2.05, 4.69) is 15.0 Å². The number of hydrogen-bond donors (Lipinski definition) is 1.